The van der Waals surface area contributed by atoms with E-state index in [9.17, 15) is 4.79 Å². The fraction of sp³-hybridized carbons (Fsp3) is 0.417. The molecule has 1 aromatic rings. The molecule has 0 heterocycles. The number of benzene rings is 1. The van der Waals surface area contributed by atoms with Crippen LogP contribution < -0.4 is 0 Å². The Morgan fingerprint density at radius 2 is 2.07 bits per heavy atom. The second-order valence-corrected chi connectivity index (χ2v) is 3.83. The van der Waals surface area contributed by atoms with Crippen molar-refractivity contribution >= 4 is 5.97 Å². The first-order valence-corrected chi connectivity index (χ1v) is 5.18. The fourth-order valence-electron chi connectivity index (χ4n) is 1.53. The SMILES string of the molecule is O=C(OC(CO)C1CC1)c1ccccc1. The van der Waals surface area contributed by atoms with Gasteiger partial charge in [0, 0.05) is 0 Å². The second kappa shape index (κ2) is 4.45. The summed E-state index contributed by atoms with van der Waals surface area (Å²) in [6.07, 6.45) is 1.78. The Bertz CT molecular complexity index is 330. The smallest absolute Gasteiger partial charge is 0.338 e. The molecule has 80 valence electrons. The Morgan fingerprint density at radius 1 is 1.40 bits per heavy atom. The molecule has 1 N–H and O–H groups in total. The zero-order valence-electron chi connectivity index (χ0n) is 8.43. The van der Waals surface area contributed by atoms with E-state index < -0.39 is 0 Å². The number of esters is 1. The van der Waals surface area contributed by atoms with Crippen LogP contribution in [-0.2, 0) is 4.74 Å². The van der Waals surface area contributed by atoms with E-state index >= 15 is 0 Å². The Labute approximate surface area is 88.7 Å². The van der Waals surface area contributed by atoms with Gasteiger partial charge in [0.25, 0.3) is 0 Å². The molecule has 0 saturated heterocycles. The normalized spacial score (nSPS) is 17.1. The highest BCUT2D eigenvalue weighted by atomic mass is 16.6. The standard InChI is InChI=1S/C12H14O3/c13-8-11(9-6-7-9)15-12(14)10-4-2-1-3-5-10/h1-5,9,11,13H,6-8H2. The van der Waals surface area contributed by atoms with Crippen LogP contribution in [0.25, 0.3) is 0 Å². The van der Waals surface area contributed by atoms with E-state index in [0.717, 1.165) is 12.8 Å². The number of rotatable bonds is 4. The Kier molecular flexibility index (Phi) is 3.02. The molecule has 3 nitrogen and oxygen atoms in total. The molecule has 1 aliphatic carbocycles. The maximum Gasteiger partial charge on any atom is 0.338 e. The highest BCUT2D eigenvalue weighted by molar-refractivity contribution is 5.89. The highest BCUT2D eigenvalue weighted by Gasteiger charge is 2.33. The third-order valence-corrected chi connectivity index (χ3v) is 2.60. The first-order chi connectivity index (χ1) is 7.31. The van der Waals surface area contributed by atoms with E-state index in [-0.39, 0.29) is 18.7 Å². The zero-order valence-corrected chi connectivity index (χ0v) is 8.43. The summed E-state index contributed by atoms with van der Waals surface area (Å²) in [6.45, 7) is -0.0801. The van der Waals surface area contributed by atoms with Gasteiger partial charge in [0.2, 0.25) is 0 Å². The van der Waals surface area contributed by atoms with Crippen molar-refractivity contribution < 1.29 is 14.6 Å². The minimum absolute atomic E-state index is 0.0801. The predicted molar refractivity (Wildman–Crippen MR) is 55.5 cm³/mol. The molecule has 3 heteroatoms. The van der Waals surface area contributed by atoms with Crippen molar-refractivity contribution in [1.29, 1.82) is 0 Å². The molecule has 1 saturated carbocycles. The Balaban J connectivity index is 1.96. The molecular weight excluding hydrogens is 192 g/mol. The van der Waals surface area contributed by atoms with Crippen molar-refractivity contribution in [3.8, 4) is 0 Å². The monoisotopic (exact) mass is 206 g/mol. The number of ether oxygens (including phenoxy) is 1. The van der Waals surface area contributed by atoms with Gasteiger partial charge >= 0.3 is 5.97 Å². The van der Waals surface area contributed by atoms with Gasteiger partial charge in [-0.25, -0.2) is 4.79 Å². The van der Waals surface area contributed by atoms with Crippen molar-refractivity contribution in [1.82, 2.24) is 0 Å². The molecule has 0 aliphatic heterocycles. The van der Waals surface area contributed by atoms with Gasteiger partial charge in [-0.1, -0.05) is 18.2 Å². The first kappa shape index (κ1) is 10.2. The van der Waals surface area contributed by atoms with Crippen LogP contribution in [0.5, 0.6) is 0 Å². The van der Waals surface area contributed by atoms with Gasteiger partial charge in [0.15, 0.2) is 0 Å². The fourth-order valence-corrected chi connectivity index (χ4v) is 1.53. The summed E-state index contributed by atoms with van der Waals surface area (Å²) in [4.78, 5) is 11.6. The van der Waals surface area contributed by atoms with Gasteiger partial charge in [0.05, 0.1) is 12.2 Å². The molecule has 15 heavy (non-hydrogen) atoms. The van der Waals surface area contributed by atoms with Crippen LogP contribution in [0.2, 0.25) is 0 Å². The van der Waals surface area contributed by atoms with Gasteiger partial charge in [-0.3, -0.25) is 0 Å². The molecule has 1 aliphatic rings. The Morgan fingerprint density at radius 3 is 2.60 bits per heavy atom. The molecule has 0 radical (unpaired) electrons. The maximum atomic E-state index is 11.6. The van der Waals surface area contributed by atoms with E-state index in [0.29, 0.717) is 11.5 Å². The molecule has 0 amide bonds. The first-order valence-electron chi connectivity index (χ1n) is 5.18. The molecule has 0 bridgehead atoms. The highest BCUT2D eigenvalue weighted by Crippen LogP contribution is 2.34. The lowest BCUT2D eigenvalue weighted by Crippen LogP contribution is -2.24. The van der Waals surface area contributed by atoms with Crippen molar-refractivity contribution in [2.24, 2.45) is 5.92 Å². The van der Waals surface area contributed by atoms with Crippen LogP contribution in [0.3, 0.4) is 0 Å². The maximum absolute atomic E-state index is 11.6. The van der Waals surface area contributed by atoms with Crippen LogP contribution >= 0.6 is 0 Å². The topological polar surface area (TPSA) is 46.5 Å². The van der Waals surface area contributed by atoms with E-state index in [4.69, 9.17) is 9.84 Å². The predicted octanol–water partition coefficient (Wildman–Crippen LogP) is 1.61. The van der Waals surface area contributed by atoms with Crippen molar-refractivity contribution in [3.63, 3.8) is 0 Å². The van der Waals surface area contributed by atoms with E-state index in [2.05, 4.69) is 0 Å². The number of hydrogen-bond acceptors (Lipinski definition) is 3. The summed E-state index contributed by atoms with van der Waals surface area (Å²) in [5, 5.41) is 9.06. The number of carbonyl (C=O) groups is 1. The summed E-state index contributed by atoms with van der Waals surface area (Å²) in [5.74, 6) is 0.0178. The summed E-state index contributed by atoms with van der Waals surface area (Å²) in [6, 6.07) is 8.86. The van der Waals surface area contributed by atoms with Crippen molar-refractivity contribution in [2.75, 3.05) is 6.61 Å². The van der Waals surface area contributed by atoms with Gasteiger partial charge in [0.1, 0.15) is 6.10 Å². The number of hydrogen-bond donors (Lipinski definition) is 1. The third kappa shape index (κ3) is 2.57. The molecule has 1 atom stereocenters. The number of aliphatic hydroxyl groups is 1. The molecule has 2 rings (SSSR count). The van der Waals surface area contributed by atoms with Crippen LogP contribution in [0, 0.1) is 5.92 Å². The second-order valence-electron chi connectivity index (χ2n) is 3.83. The van der Waals surface area contributed by atoms with Gasteiger partial charge in [-0.2, -0.15) is 0 Å². The third-order valence-electron chi connectivity index (χ3n) is 2.60. The lowest BCUT2D eigenvalue weighted by molar-refractivity contribution is 0.00692. The summed E-state index contributed by atoms with van der Waals surface area (Å²) in [5.41, 5.74) is 0.539. The largest absolute Gasteiger partial charge is 0.456 e. The summed E-state index contributed by atoms with van der Waals surface area (Å²) < 4.78 is 5.22. The lowest BCUT2D eigenvalue weighted by Gasteiger charge is -2.14. The number of carbonyl (C=O) groups excluding carboxylic acids is 1. The van der Waals surface area contributed by atoms with Crippen LogP contribution in [-0.4, -0.2) is 23.8 Å². The quantitative estimate of drug-likeness (QED) is 0.761. The van der Waals surface area contributed by atoms with Crippen molar-refractivity contribution in [2.45, 2.75) is 18.9 Å². The molecule has 1 aromatic carbocycles. The van der Waals surface area contributed by atoms with Gasteiger partial charge < -0.3 is 9.84 Å². The minimum atomic E-state index is -0.346. The molecule has 0 spiro atoms. The van der Waals surface area contributed by atoms with Crippen molar-refractivity contribution in [3.05, 3.63) is 35.9 Å². The van der Waals surface area contributed by atoms with E-state index in [1.165, 1.54) is 0 Å². The average molecular weight is 206 g/mol. The molecule has 1 unspecified atom stereocenters. The Hall–Kier alpha value is -1.35. The molecule has 0 aromatic heterocycles. The number of aliphatic hydroxyl groups excluding tert-OH is 1. The zero-order chi connectivity index (χ0) is 10.7. The minimum Gasteiger partial charge on any atom is -0.456 e. The summed E-state index contributed by atoms with van der Waals surface area (Å²) >= 11 is 0. The van der Waals surface area contributed by atoms with E-state index in [1.807, 2.05) is 6.07 Å². The molecule has 1 fully saturated rings. The van der Waals surface area contributed by atoms with Gasteiger partial charge in [-0.15, -0.1) is 0 Å². The van der Waals surface area contributed by atoms with Gasteiger partial charge in [-0.05, 0) is 30.9 Å². The van der Waals surface area contributed by atoms with Crippen LogP contribution in [0.4, 0.5) is 0 Å². The molecular formula is C12H14O3. The van der Waals surface area contributed by atoms with Crippen LogP contribution in [0.1, 0.15) is 23.2 Å². The summed E-state index contributed by atoms with van der Waals surface area (Å²) in [7, 11) is 0. The lowest BCUT2D eigenvalue weighted by atomic mass is 10.2. The van der Waals surface area contributed by atoms with Crippen LogP contribution in [0.15, 0.2) is 30.3 Å². The average Bonchev–Trinajstić information content (AvgIpc) is 3.10. The van der Waals surface area contributed by atoms with E-state index in [1.54, 1.807) is 24.3 Å².